The minimum absolute atomic E-state index is 0.654. The normalized spacial score (nSPS) is 11.2. The van der Waals surface area contributed by atoms with Gasteiger partial charge < -0.3 is 14.6 Å². The van der Waals surface area contributed by atoms with Crippen molar-refractivity contribution in [3.05, 3.63) is 35.4 Å². The Morgan fingerprint density at radius 2 is 2.15 bits per heavy atom. The molecule has 0 atom stereocenters. The maximum Gasteiger partial charge on any atom is 0.328 e. The lowest BCUT2D eigenvalue weighted by Gasteiger charge is -2.18. The van der Waals surface area contributed by atoms with Crippen molar-refractivity contribution >= 4 is 12.0 Å². The SMILES string of the molecule is COCCN(C)Cc1cc(OC)ccc1C=CC(=O)O. The fourth-order valence-corrected chi connectivity index (χ4v) is 1.79. The first-order chi connectivity index (χ1) is 9.56. The molecule has 0 heterocycles. The molecule has 0 aromatic heterocycles. The standard InChI is InChI=1S/C15H21NO4/c1-16(8-9-19-2)11-13-10-14(20-3)6-4-12(13)5-7-15(17)18/h4-7,10H,8-9,11H2,1-3H3,(H,17,18). The van der Waals surface area contributed by atoms with E-state index in [2.05, 4.69) is 4.90 Å². The molecule has 1 aromatic rings. The third kappa shape index (κ3) is 5.42. The van der Waals surface area contributed by atoms with Crippen LogP contribution in [-0.4, -0.2) is 50.4 Å². The molecule has 0 aliphatic carbocycles. The number of carboxylic acids is 1. The maximum atomic E-state index is 10.6. The summed E-state index contributed by atoms with van der Waals surface area (Å²) < 4.78 is 10.3. The molecular formula is C15H21NO4. The van der Waals surface area contributed by atoms with Gasteiger partial charge in [0.05, 0.1) is 13.7 Å². The predicted molar refractivity (Wildman–Crippen MR) is 77.9 cm³/mol. The zero-order valence-electron chi connectivity index (χ0n) is 12.1. The largest absolute Gasteiger partial charge is 0.497 e. The molecule has 1 rings (SSSR count). The van der Waals surface area contributed by atoms with Crippen molar-refractivity contribution in [1.29, 1.82) is 0 Å². The smallest absolute Gasteiger partial charge is 0.328 e. The average Bonchev–Trinajstić information content (AvgIpc) is 2.43. The van der Waals surface area contributed by atoms with E-state index in [4.69, 9.17) is 14.6 Å². The van der Waals surface area contributed by atoms with Gasteiger partial charge >= 0.3 is 5.97 Å². The number of benzene rings is 1. The van der Waals surface area contributed by atoms with Gasteiger partial charge in [-0.15, -0.1) is 0 Å². The highest BCUT2D eigenvalue weighted by Gasteiger charge is 2.06. The van der Waals surface area contributed by atoms with Gasteiger partial charge in [0.25, 0.3) is 0 Å². The van der Waals surface area contributed by atoms with E-state index in [0.717, 1.165) is 29.5 Å². The van der Waals surface area contributed by atoms with Crippen LogP contribution in [0.25, 0.3) is 6.08 Å². The molecule has 110 valence electrons. The van der Waals surface area contributed by atoms with Crippen molar-refractivity contribution in [3.8, 4) is 5.75 Å². The van der Waals surface area contributed by atoms with Crippen LogP contribution in [0.15, 0.2) is 24.3 Å². The van der Waals surface area contributed by atoms with Gasteiger partial charge in [0.2, 0.25) is 0 Å². The summed E-state index contributed by atoms with van der Waals surface area (Å²) in [6, 6.07) is 5.60. The predicted octanol–water partition coefficient (Wildman–Crippen LogP) is 1.87. The first kappa shape index (κ1) is 16.2. The van der Waals surface area contributed by atoms with Crippen molar-refractivity contribution in [3.63, 3.8) is 0 Å². The lowest BCUT2D eigenvalue weighted by Crippen LogP contribution is -2.22. The summed E-state index contributed by atoms with van der Waals surface area (Å²) in [6.45, 7) is 2.15. The zero-order chi connectivity index (χ0) is 15.0. The van der Waals surface area contributed by atoms with Crippen molar-refractivity contribution in [2.75, 3.05) is 34.4 Å². The van der Waals surface area contributed by atoms with Gasteiger partial charge in [0.1, 0.15) is 5.75 Å². The topological polar surface area (TPSA) is 59.0 Å². The van der Waals surface area contributed by atoms with E-state index >= 15 is 0 Å². The molecule has 0 aliphatic rings. The monoisotopic (exact) mass is 279 g/mol. The molecule has 0 saturated heterocycles. The van der Waals surface area contributed by atoms with Gasteiger partial charge in [-0.05, 0) is 36.4 Å². The number of nitrogens with zero attached hydrogens (tertiary/aromatic N) is 1. The summed E-state index contributed by atoms with van der Waals surface area (Å²) in [4.78, 5) is 12.7. The molecule has 1 N–H and O–H groups in total. The fraction of sp³-hybridized carbons (Fsp3) is 0.400. The average molecular weight is 279 g/mol. The summed E-state index contributed by atoms with van der Waals surface area (Å²) in [5, 5.41) is 8.73. The highest BCUT2D eigenvalue weighted by molar-refractivity contribution is 5.85. The summed E-state index contributed by atoms with van der Waals surface area (Å²) in [6.07, 6.45) is 2.74. The maximum absolute atomic E-state index is 10.6. The van der Waals surface area contributed by atoms with Gasteiger partial charge in [0, 0.05) is 26.3 Å². The summed E-state index contributed by atoms with van der Waals surface area (Å²) >= 11 is 0. The third-order valence-corrected chi connectivity index (χ3v) is 2.87. The van der Waals surface area contributed by atoms with E-state index in [1.807, 2.05) is 25.2 Å². The Hall–Kier alpha value is -1.85. The number of hydrogen-bond acceptors (Lipinski definition) is 4. The molecule has 0 radical (unpaired) electrons. The molecule has 0 bridgehead atoms. The van der Waals surface area contributed by atoms with Gasteiger partial charge in [-0.1, -0.05) is 6.07 Å². The van der Waals surface area contributed by atoms with Crippen LogP contribution in [0.4, 0.5) is 0 Å². The van der Waals surface area contributed by atoms with Crippen LogP contribution in [0, 0.1) is 0 Å². The molecule has 0 unspecified atom stereocenters. The molecule has 5 heteroatoms. The highest BCUT2D eigenvalue weighted by atomic mass is 16.5. The van der Waals surface area contributed by atoms with Crippen LogP contribution < -0.4 is 4.74 Å². The molecule has 0 aliphatic heterocycles. The van der Waals surface area contributed by atoms with Crippen LogP contribution in [0.1, 0.15) is 11.1 Å². The van der Waals surface area contributed by atoms with Crippen LogP contribution in [0.5, 0.6) is 5.75 Å². The van der Waals surface area contributed by atoms with Gasteiger partial charge in [-0.3, -0.25) is 4.90 Å². The number of carboxylic acid groups (broad SMARTS) is 1. The van der Waals surface area contributed by atoms with Crippen molar-refractivity contribution in [2.24, 2.45) is 0 Å². The first-order valence-electron chi connectivity index (χ1n) is 6.32. The molecule has 0 fully saturated rings. The number of carbonyl (C=O) groups is 1. The van der Waals surface area contributed by atoms with E-state index in [1.165, 1.54) is 0 Å². The molecule has 0 spiro atoms. The van der Waals surface area contributed by atoms with Crippen molar-refractivity contribution in [1.82, 2.24) is 4.90 Å². The highest BCUT2D eigenvalue weighted by Crippen LogP contribution is 2.20. The first-order valence-corrected chi connectivity index (χ1v) is 6.32. The fourth-order valence-electron chi connectivity index (χ4n) is 1.79. The molecule has 5 nitrogen and oxygen atoms in total. The lowest BCUT2D eigenvalue weighted by molar-refractivity contribution is -0.131. The Kier molecular flexibility index (Phi) is 6.76. The Morgan fingerprint density at radius 3 is 2.75 bits per heavy atom. The summed E-state index contributed by atoms with van der Waals surface area (Å²) in [7, 11) is 5.27. The van der Waals surface area contributed by atoms with E-state index in [9.17, 15) is 4.79 Å². The molecule has 1 aromatic carbocycles. The van der Waals surface area contributed by atoms with E-state index < -0.39 is 5.97 Å². The van der Waals surface area contributed by atoms with Crippen LogP contribution in [-0.2, 0) is 16.1 Å². The second-order valence-electron chi connectivity index (χ2n) is 4.47. The van der Waals surface area contributed by atoms with Gasteiger partial charge in [-0.2, -0.15) is 0 Å². The van der Waals surface area contributed by atoms with Crippen LogP contribution >= 0.6 is 0 Å². The van der Waals surface area contributed by atoms with E-state index in [0.29, 0.717) is 13.2 Å². The lowest BCUT2D eigenvalue weighted by atomic mass is 10.1. The quantitative estimate of drug-likeness (QED) is 0.736. The molecule has 20 heavy (non-hydrogen) atoms. The zero-order valence-corrected chi connectivity index (χ0v) is 12.1. The third-order valence-electron chi connectivity index (χ3n) is 2.87. The Balaban J connectivity index is 2.91. The van der Waals surface area contributed by atoms with Crippen molar-refractivity contribution in [2.45, 2.75) is 6.54 Å². The second kappa shape index (κ2) is 8.35. The van der Waals surface area contributed by atoms with Gasteiger partial charge in [-0.25, -0.2) is 4.79 Å². The van der Waals surface area contributed by atoms with E-state index in [1.54, 1.807) is 20.3 Å². The number of aliphatic carboxylic acids is 1. The van der Waals surface area contributed by atoms with Crippen LogP contribution in [0.2, 0.25) is 0 Å². The second-order valence-corrected chi connectivity index (χ2v) is 4.47. The number of ether oxygens (including phenoxy) is 2. The van der Waals surface area contributed by atoms with E-state index in [-0.39, 0.29) is 0 Å². The Morgan fingerprint density at radius 1 is 1.40 bits per heavy atom. The minimum Gasteiger partial charge on any atom is -0.497 e. The number of hydrogen-bond donors (Lipinski definition) is 1. The Labute approximate surface area is 119 Å². The Bertz CT molecular complexity index is 471. The van der Waals surface area contributed by atoms with Gasteiger partial charge in [0.15, 0.2) is 0 Å². The summed E-state index contributed by atoms with van der Waals surface area (Å²) in [5.41, 5.74) is 1.89. The number of methoxy groups -OCH3 is 2. The number of likely N-dealkylation sites (N-methyl/N-ethyl adjacent to an activating group) is 1. The summed E-state index contributed by atoms with van der Waals surface area (Å²) in [5.74, 6) is -0.202. The molecule has 0 saturated carbocycles. The number of rotatable bonds is 8. The molecule has 0 amide bonds. The molecular weight excluding hydrogens is 258 g/mol. The van der Waals surface area contributed by atoms with Crippen molar-refractivity contribution < 1.29 is 19.4 Å². The minimum atomic E-state index is -0.959. The van der Waals surface area contributed by atoms with Crippen LogP contribution in [0.3, 0.4) is 0 Å².